The summed E-state index contributed by atoms with van der Waals surface area (Å²) in [7, 11) is 0. The minimum atomic E-state index is 0. The van der Waals surface area contributed by atoms with Crippen molar-refractivity contribution in [2.45, 2.75) is 212 Å². The highest BCUT2D eigenvalue weighted by Crippen LogP contribution is 2.51. The molecule has 0 amide bonds. The molecular weight excluding hydrogens is 571 g/mol. The Morgan fingerprint density at radius 1 is 0.489 bits per heavy atom. The Morgan fingerprint density at radius 2 is 0.809 bits per heavy atom. The molecule has 3 nitrogen and oxygen atoms in total. The number of hydrogen-bond acceptors (Lipinski definition) is 3. The highest BCUT2D eigenvalue weighted by molar-refractivity contribution is 4.90. The van der Waals surface area contributed by atoms with Crippen LogP contribution in [0.15, 0.2) is 0 Å². The second-order valence-corrected chi connectivity index (χ2v) is 18.2. The van der Waals surface area contributed by atoms with Crippen LogP contribution in [0, 0.1) is 35.0 Å². The van der Waals surface area contributed by atoms with E-state index in [9.17, 15) is 0 Å². The number of hydrogen-bond donors (Lipinski definition) is 0. The Labute approximate surface area is 300 Å². The standard InChI is InChI=1S/2C8H17N.C7H15N.2C7H14.C6H12.CH4/c2*1-8(2)9-6-4-3-5-7-9;1-7(2)8-5-3-4-6-8;1-6(2)7(3)4-5-7;1-6(2)5-7-3-4-7;1-5(2)6-3-4-6;/h2*8H,3-7H2,1-2H3;7H,3-6H2,1-2H3;6H,4-5H2,1-3H3;6-7H,3-5H2,1-2H3;5-6H,3-4H2,1-2H3;1H4. The Morgan fingerprint density at radius 3 is 0.915 bits per heavy atom. The molecule has 47 heavy (non-hydrogen) atoms. The Bertz CT molecular complexity index is 659. The summed E-state index contributed by atoms with van der Waals surface area (Å²) in [6, 6.07) is 2.31. The van der Waals surface area contributed by atoms with E-state index >= 15 is 0 Å². The SMILES string of the molecule is C.CC(C)C1(C)CC1.CC(C)C1CC1.CC(C)CC1CC1.CC(C)N1CCCC1.CC(C)N1CCCCC1.CC(C)N1CCCCC1. The van der Waals surface area contributed by atoms with Gasteiger partial charge in [-0.2, -0.15) is 0 Å². The fourth-order valence-corrected chi connectivity index (χ4v) is 6.69. The fourth-order valence-electron chi connectivity index (χ4n) is 6.69. The maximum Gasteiger partial charge on any atom is 0.00385 e. The first-order valence-electron chi connectivity index (χ1n) is 20.9. The number of rotatable bonds is 7. The van der Waals surface area contributed by atoms with E-state index in [-0.39, 0.29) is 7.43 Å². The van der Waals surface area contributed by atoms with E-state index in [2.05, 4.69) is 105 Å². The molecule has 0 bridgehead atoms. The lowest BCUT2D eigenvalue weighted by Crippen LogP contribution is -2.35. The summed E-state index contributed by atoms with van der Waals surface area (Å²) in [6.45, 7) is 37.9. The first-order valence-corrected chi connectivity index (χ1v) is 20.9. The molecule has 0 aromatic rings. The predicted octanol–water partition coefficient (Wildman–Crippen LogP) is 12.8. The van der Waals surface area contributed by atoms with Gasteiger partial charge in [-0.25, -0.2) is 0 Å². The van der Waals surface area contributed by atoms with Gasteiger partial charge in [0.1, 0.15) is 0 Å². The summed E-state index contributed by atoms with van der Waals surface area (Å²) in [5, 5.41) is 0. The Balaban J connectivity index is 0.000000541. The van der Waals surface area contributed by atoms with Gasteiger partial charge >= 0.3 is 0 Å². The van der Waals surface area contributed by atoms with E-state index in [1.807, 2.05) is 0 Å². The van der Waals surface area contributed by atoms with Crippen LogP contribution in [0.3, 0.4) is 0 Å². The van der Waals surface area contributed by atoms with Gasteiger partial charge in [0.15, 0.2) is 0 Å². The molecule has 0 unspecified atom stereocenters. The summed E-state index contributed by atoms with van der Waals surface area (Å²) >= 11 is 0. The van der Waals surface area contributed by atoms with Crippen molar-refractivity contribution >= 4 is 0 Å². The maximum absolute atomic E-state index is 2.56. The highest BCUT2D eigenvalue weighted by atomic mass is 15.2. The lowest BCUT2D eigenvalue weighted by Gasteiger charge is -2.29. The van der Waals surface area contributed by atoms with Crippen LogP contribution in [0.4, 0.5) is 0 Å². The van der Waals surface area contributed by atoms with Crippen LogP contribution in [0.1, 0.15) is 194 Å². The zero-order valence-corrected chi connectivity index (χ0v) is 34.3. The third kappa shape index (κ3) is 24.6. The zero-order valence-electron chi connectivity index (χ0n) is 34.3. The van der Waals surface area contributed by atoms with Crippen molar-refractivity contribution in [3.05, 3.63) is 0 Å². The molecule has 3 saturated heterocycles. The molecule has 0 spiro atoms. The quantitative estimate of drug-likeness (QED) is 0.268. The monoisotopic (exact) mass is 664 g/mol. The molecule has 0 N–H and O–H groups in total. The van der Waals surface area contributed by atoms with Crippen molar-refractivity contribution < 1.29 is 0 Å². The largest absolute Gasteiger partial charge is 0.301 e. The molecule has 3 heteroatoms. The van der Waals surface area contributed by atoms with Crippen molar-refractivity contribution in [3.63, 3.8) is 0 Å². The van der Waals surface area contributed by atoms with E-state index in [0.29, 0.717) is 0 Å². The third-order valence-electron chi connectivity index (χ3n) is 11.6. The van der Waals surface area contributed by atoms with Crippen LogP contribution in [0.25, 0.3) is 0 Å². The molecule has 0 radical (unpaired) electrons. The third-order valence-corrected chi connectivity index (χ3v) is 11.6. The van der Waals surface area contributed by atoms with Crippen molar-refractivity contribution in [2.24, 2.45) is 35.0 Å². The van der Waals surface area contributed by atoms with Crippen molar-refractivity contribution in [3.8, 4) is 0 Å². The van der Waals surface area contributed by atoms with E-state index < -0.39 is 0 Å². The zero-order chi connectivity index (χ0) is 34.7. The minimum Gasteiger partial charge on any atom is -0.301 e. The molecule has 3 heterocycles. The van der Waals surface area contributed by atoms with Gasteiger partial charge in [-0.05, 0) is 186 Å². The lowest BCUT2D eigenvalue weighted by atomic mass is 9.95. The average molecular weight is 664 g/mol. The van der Waals surface area contributed by atoms with Gasteiger partial charge in [-0.3, -0.25) is 0 Å². The summed E-state index contributed by atoms with van der Waals surface area (Å²) in [4.78, 5) is 7.65. The van der Waals surface area contributed by atoms with Crippen LogP contribution in [0.5, 0.6) is 0 Å². The molecule has 0 aromatic heterocycles. The molecule has 3 aliphatic carbocycles. The van der Waals surface area contributed by atoms with Crippen LogP contribution >= 0.6 is 0 Å². The van der Waals surface area contributed by atoms with Gasteiger partial charge in [0, 0.05) is 18.1 Å². The summed E-state index contributed by atoms with van der Waals surface area (Å²) < 4.78 is 0. The number of nitrogens with zero attached hydrogens (tertiary/aromatic N) is 3. The van der Waals surface area contributed by atoms with Crippen molar-refractivity contribution in [1.82, 2.24) is 14.7 Å². The van der Waals surface area contributed by atoms with E-state index in [4.69, 9.17) is 0 Å². The van der Waals surface area contributed by atoms with Gasteiger partial charge < -0.3 is 14.7 Å². The molecule has 0 aromatic carbocycles. The Kier molecular flexibility index (Phi) is 25.7. The predicted molar refractivity (Wildman–Crippen MR) is 216 cm³/mol. The molecule has 0 atom stereocenters. The summed E-state index contributed by atoms with van der Waals surface area (Å²) in [5.74, 6) is 5.04. The molecule has 6 fully saturated rings. The Hall–Kier alpha value is -0.120. The lowest BCUT2D eigenvalue weighted by molar-refractivity contribution is 0.185. The van der Waals surface area contributed by atoms with Crippen LogP contribution in [0.2, 0.25) is 0 Å². The van der Waals surface area contributed by atoms with E-state index in [0.717, 1.165) is 53.1 Å². The van der Waals surface area contributed by atoms with Crippen molar-refractivity contribution in [1.29, 1.82) is 0 Å². The second kappa shape index (κ2) is 25.8. The smallest absolute Gasteiger partial charge is 0.00385 e. The topological polar surface area (TPSA) is 9.72 Å². The van der Waals surface area contributed by atoms with Gasteiger partial charge in [0.05, 0.1) is 0 Å². The second-order valence-electron chi connectivity index (χ2n) is 18.2. The normalized spacial score (nSPS) is 22.5. The van der Waals surface area contributed by atoms with Crippen LogP contribution in [-0.4, -0.2) is 72.1 Å². The summed E-state index contributed by atoms with van der Waals surface area (Å²) in [5.41, 5.74) is 0.750. The first kappa shape index (κ1) is 46.9. The molecule has 3 saturated carbocycles. The molecule has 3 aliphatic heterocycles. The highest BCUT2D eigenvalue weighted by Gasteiger charge is 2.39. The van der Waals surface area contributed by atoms with E-state index in [1.165, 1.54) is 136 Å². The van der Waals surface area contributed by atoms with Gasteiger partial charge in [0.2, 0.25) is 0 Å². The maximum atomic E-state index is 2.56. The van der Waals surface area contributed by atoms with Gasteiger partial charge in [-0.15, -0.1) is 0 Å². The average Bonchev–Trinajstić information content (AvgIpc) is 3.95. The number of likely N-dealkylation sites (tertiary alicyclic amines) is 3. The first-order chi connectivity index (χ1) is 21.7. The number of piperidine rings is 2. The van der Waals surface area contributed by atoms with E-state index in [1.54, 1.807) is 0 Å². The molecular formula is C44H93N3. The van der Waals surface area contributed by atoms with Gasteiger partial charge in [-0.1, -0.05) is 81.6 Å². The molecule has 6 aliphatic rings. The minimum absolute atomic E-state index is 0. The fraction of sp³-hybridized carbons (Fsp3) is 1.00. The van der Waals surface area contributed by atoms with Crippen LogP contribution < -0.4 is 0 Å². The van der Waals surface area contributed by atoms with Crippen LogP contribution in [-0.2, 0) is 0 Å². The molecule has 6 rings (SSSR count). The van der Waals surface area contributed by atoms with Gasteiger partial charge in [0.25, 0.3) is 0 Å². The summed E-state index contributed by atoms with van der Waals surface area (Å²) in [6.07, 6.45) is 21.8. The van der Waals surface area contributed by atoms with Crippen molar-refractivity contribution in [2.75, 3.05) is 39.3 Å². The molecule has 284 valence electrons.